The molecule has 0 atom stereocenters. The van der Waals surface area contributed by atoms with Crippen molar-refractivity contribution in [2.24, 2.45) is 0 Å². The number of fused-ring (bicyclic) bond motifs is 1. The van der Waals surface area contributed by atoms with Crippen LogP contribution in [0.25, 0.3) is 16.7 Å². The van der Waals surface area contributed by atoms with Crippen molar-refractivity contribution in [3.63, 3.8) is 0 Å². The molecule has 0 radical (unpaired) electrons. The Morgan fingerprint density at radius 2 is 1.58 bits per heavy atom. The summed E-state index contributed by atoms with van der Waals surface area (Å²) >= 11 is 0. The Hall–Kier alpha value is -3.18. The first-order chi connectivity index (χ1) is 15.0. The molecule has 4 aromatic rings. The maximum absolute atomic E-state index is 11.3. The van der Waals surface area contributed by atoms with Gasteiger partial charge in [0.25, 0.3) is 0 Å². The van der Waals surface area contributed by atoms with Crippen molar-refractivity contribution < 1.29 is 5.11 Å². The van der Waals surface area contributed by atoms with Crippen LogP contribution in [0, 0.1) is 0 Å². The summed E-state index contributed by atoms with van der Waals surface area (Å²) in [5.74, 6) is 0.259. The van der Waals surface area contributed by atoms with Gasteiger partial charge in [-0.05, 0) is 48.5 Å². The molecule has 0 unspecified atom stereocenters. The number of benzene rings is 3. The fourth-order valence-electron chi connectivity index (χ4n) is 4.08. The molecule has 1 heterocycles. The molecular weight excluding hydrogens is 384 g/mol. The zero-order chi connectivity index (χ0) is 22.0. The van der Waals surface area contributed by atoms with E-state index in [9.17, 15) is 5.11 Å². The number of hydrogen-bond acceptors (Lipinski definition) is 4. The largest absolute Gasteiger partial charge is 0.505 e. The second-order valence-corrected chi connectivity index (χ2v) is 8.45. The molecule has 0 bridgehead atoms. The van der Waals surface area contributed by atoms with E-state index in [1.807, 2.05) is 30.3 Å². The number of aromatic nitrogens is 3. The molecule has 3 aromatic carbocycles. The summed E-state index contributed by atoms with van der Waals surface area (Å²) in [5.41, 5.74) is 5.37. The van der Waals surface area contributed by atoms with E-state index in [0.29, 0.717) is 12.2 Å². The van der Waals surface area contributed by atoms with Crippen LogP contribution in [0.1, 0.15) is 44.4 Å². The van der Waals surface area contributed by atoms with Crippen LogP contribution in [-0.2, 0) is 12.0 Å². The van der Waals surface area contributed by atoms with Crippen LogP contribution in [0.2, 0.25) is 0 Å². The summed E-state index contributed by atoms with van der Waals surface area (Å²) in [7, 11) is 0. The maximum Gasteiger partial charge on any atom is 0.145 e. The fourth-order valence-corrected chi connectivity index (χ4v) is 4.08. The summed E-state index contributed by atoms with van der Waals surface area (Å²) in [6.07, 6.45) is 0. The van der Waals surface area contributed by atoms with Gasteiger partial charge in [0.2, 0.25) is 0 Å². The third-order valence-corrected chi connectivity index (χ3v) is 6.25. The number of para-hydroxylation sites is 1. The van der Waals surface area contributed by atoms with Crippen molar-refractivity contribution in [1.29, 1.82) is 0 Å². The molecule has 0 aliphatic carbocycles. The van der Waals surface area contributed by atoms with Crippen LogP contribution in [0.15, 0.2) is 66.7 Å². The highest BCUT2D eigenvalue weighted by Crippen LogP contribution is 2.38. The SMILES string of the molecule is CCN(CC)Cc1cc(C(C)(C)c2ccccc2)cc(-n2nnc3ccccc32)c1O. The molecule has 1 aromatic heterocycles. The topological polar surface area (TPSA) is 54.2 Å². The molecule has 0 aliphatic rings. The van der Waals surface area contributed by atoms with Crippen LogP contribution in [0.4, 0.5) is 0 Å². The lowest BCUT2D eigenvalue weighted by atomic mass is 9.77. The van der Waals surface area contributed by atoms with Gasteiger partial charge in [-0.2, -0.15) is 0 Å². The molecule has 4 rings (SSSR count). The van der Waals surface area contributed by atoms with Crippen LogP contribution >= 0.6 is 0 Å². The average Bonchev–Trinajstić information content (AvgIpc) is 3.23. The molecule has 5 nitrogen and oxygen atoms in total. The first kappa shape index (κ1) is 21.1. The van der Waals surface area contributed by atoms with Crippen LogP contribution in [-0.4, -0.2) is 38.1 Å². The molecule has 160 valence electrons. The van der Waals surface area contributed by atoms with Gasteiger partial charge in [0.15, 0.2) is 0 Å². The first-order valence-corrected chi connectivity index (χ1v) is 10.9. The van der Waals surface area contributed by atoms with Crippen LogP contribution in [0.3, 0.4) is 0 Å². The Morgan fingerprint density at radius 3 is 2.29 bits per heavy atom. The summed E-state index contributed by atoms with van der Waals surface area (Å²) in [4.78, 5) is 2.30. The highest BCUT2D eigenvalue weighted by Gasteiger charge is 2.27. The number of hydrogen-bond donors (Lipinski definition) is 1. The van der Waals surface area contributed by atoms with Crippen molar-refractivity contribution in [2.45, 2.75) is 39.7 Å². The maximum atomic E-state index is 11.3. The van der Waals surface area contributed by atoms with Gasteiger partial charge in [-0.15, -0.1) is 5.10 Å². The molecule has 0 saturated carbocycles. The smallest absolute Gasteiger partial charge is 0.145 e. The van der Waals surface area contributed by atoms with E-state index in [1.54, 1.807) is 4.68 Å². The van der Waals surface area contributed by atoms with Crippen LogP contribution in [0.5, 0.6) is 5.75 Å². The van der Waals surface area contributed by atoms with Crippen molar-refractivity contribution in [2.75, 3.05) is 13.1 Å². The highest BCUT2D eigenvalue weighted by atomic mass is 16.3. The fraction of sp³-hybridized carbons (Fsp3) is 0.308. The van der Waals surface area contributed by atoms with Crippen molar-refractivity contribution in [1.82, 2.24) is 19.9 Å². The summed E-state index contributed by atoms with van der Waals surface area (Å²) in [5, 5.41) is 20.0. The summed E-state index contributed by atoms with van der Waals surface area (Å²) in [6.45, 7) is 11.2. The van der Waals surface area contributed by atoms with E-state index < -0.39 is 0 Å². The summed E-state index contributed by atoms with van der Waals surface area (Å²) < 4.78 is 1.75. The molecule has 0 aliphatic heterocycles. The minimum atomic E-state index is -0.238. The van der Waals surface area contributed by atoms with Gasteiger partial charge in [0, 0.05) is 17.5 Å². The van der Waals surface area contributed by atoms with Crippen molar-refractivity contribution in [3.8, 4) is 11.4 Å². The molecule has 0 saturated heterocycles. The Balaban J connectivity index is 1.93. The van der Waals surface area contributed by atoms with E-state index in [1.165, 1.54) is 5.56 Å². The highest BCUT2D eigenvalue weighted by molar-refractivity contribution is 5.77. The van der Waals surface area contributed by atoms with Gasteiger partial charge in [-0.25, -0.2) is 4.68 Å². The molecule has 0 amide bonds. The first-order valence-electron chi connectivity index (χ1n) is 10.9. The van der Waals surface area contributed by atoms with E-state index in [-0.39, 0.29) is 11.2 Å². The summed E-state index contributed by atoms with van der Waals surface area (Å²) in [6, 6.07) is 22.5. The normalized spacial score (nSPS) is 12.0. The number of phenolic OH excluding ortho intramolecular Hbond substituents is 1. The van der Waals surface area contributed by atoms with Crippen LogP contribution < -0.4 is 0 Å². The van der Waals surface area contributed by atoms with E-state index in [0.717, 1.165) is 35.2 Å². The third kappa shape index (κ3) is 3.93. The number of aromatic hydroxyl groups is 1. The quantitative estimate of drug-likeness (QED) is 0.446. The Morgan fingerprint density at radius 1 is 0.903 bits per heavy atom. The lowest BCUT2D eigenvalue weighted by molar-refractivity contribution is 0.290. The Bertz CT molecular complexity index is 1180. The average molecular weight is 415 g/mol. The van der Waals surface area contributed by atoms with Gasteiger partial charge >= 0.3 is 0 Å². The van der Waals surface area contributed by atoms with E-state index in [2.05, 4.69) is 79.3 Å². The standard InChI is InChI=1S/C26H30N4O/c1-5-29(6-2)18-19-16-21(26(3,4)20-12-8-7-9-13-20)17-24(25(19)31)30-23-15-11-10-14-22(23)27-28-30/h7-17,31H,5-6,18H2,1-4H3. The second-order valence-electron chi connectivity index (χ2n) is 8.45. The minimum absolute atomic E-state index is 0.238. The van der Waals surface area contributed by atoms with E-state index in [4.69, 9.17) is 0 Å². The van der Waals surface area contributed by atoms with Gasteiger partial charge in [0.1, 0.15) is 17.0 Å². The molecule has 31 heavy (non-hydrogen) atoms. The van der Waals surface area contributed by atoms with Crippen molar-refractivity contribution >= 4 is 11.0 Å². The molecule has 1 N–H and O–H groups in total. The number of nitrogens with zero attached hydrogens (tertiary/aromatic N) is 4. The van der Waals surface area contributed by atoms with Gasteiger partial charge in [0.05, 0.1) is 5.52 Å². The zero-order valence-corrected chi connectivity index (χ0v) is 18.7. The van der Waals surface area contributed by atoms with Gasteiger partial charge < -0.3 is 5.11 Å². The predicted octanol–water partition coefficient (Wildman–Crippen LogP) is 5.29. The zero-order valence-electron chi connectivity index (χ0n) is 18.7. The molecule has 5 heteroatoms. The monoisotopic (exact) mass is 414 g/mol. The number of phenols is 1. The second kappa shape index (κ2) is 8.52. The van der Waals surface area contributed by atoms with Gasteiger partial charge in [-0.3, -0.25) is 4.90 Å². The Labute approximate surface area is 183 Å². The van der Waals surface area contributed by atoms with Gasteiger partial charge in [-0.1, -0.05) is 75.4 Å². The lowest BCUT2D eigenvalue weighted by Gasteiger charge is -2.29. The third-order valence-electron chi connectivity index (χ3n) is 6.25. The number of rotatable bonds is 7. The molecular formula is C26H30N4O. The predicted molar refractivity (Wildman–Crippen MR) is 126 cm³/mol. The lowest BCUT2D eigenvalue weighted by Crippen LogP contribution is -2.24. The van der Waals surface area contributed by atoms with E-state index >= 15 is 0 Å². The molecule has 0 fully saturated rings. The Kier molecular flexibility index (Phi) is 5.79. The molecule has 0 spiro atoms. The van der Waals surface area contributed by atoms with Crippen molar-refractivity contribution in [3.05, 3.63) is 83.4 Å². The minimum Gasteiger partial charge on any atom is -0.505 e.